The predicted octanol–water partition coefficient (Wildman–Crippen LogP) is 2.99. The van der Waals surface area contributed by atoms with Gasteiger partial charge < -0.3 is 10.2 Å². The molecule has 90 valence electrons. The summed E-state index contributed by atoms with van der Waals surface area (Å²) in [5.74, 6) is -0.833. The quantitative estimate of drug-likeness (QED) is 0.508. The molecule has 0 aromatic carbocycles. The number of carboxylic acids is 1. The summed E-state index contributed by atoms with van der Waals surface area (Å²) >= 11 is 0. The van der Waals surface area contributed by atoms with E-state index in [1.807, 2.05) is 0 Å². The van der Waals surface area contributed by atoms with Crippen molar-refractivity contribution in [2.75, 3.05) is 6.61 Å². The van der Waals surface area contributed by atoms with E-state index in [4.69, 9.17) is 15.0 Å². The summed E-state index contributed by atoms with van der Waals surface area (Å²) in [6.07, 6.45) is 11.5. The highest BCUT2D eigenvalue weighted by atomic mass is 16.4. The average molecular weight is 216 g/mol. The van der Waals surface area contributed by atoms with Crippen LogP contribution in [0.2, 0.25) is 0 Å². The summed E-state index contributed by atoms with van der Waals surface area (Å²) in [6, 6.07) is 0. The van der Waals surface area contributed by atoms with Crippen molar-refractivity contribution < 1.29 is 15.0 Å². The first-order chi connectivity index (χ1) is 7.15. The van der Waals surface area contributed by atoms with E-state index < -0.39 is 5.97 Å². The Morgan fingerprint density at radius 3 is 2.13 bits per heavy atom. The van der Waals surface area contributed by atoms with Gasteiger partial charge in [0.15, 0.2) is 0 Å². The zero-order valence-electron chi connectivity index (χ0n) is 9.91. The van der Waals surface area contributed by atoms with Gasteiger partial charge in [-0.1, -0.05) is 31.9 Å². The minimum absolute atomic E-state index is 0.352. The van der Waals surface area contributed by atoms with Crippen molar-refractivity contribution in [2.45, 2.75) is 52.4 Å². The van der Waals surface area contributed by atoms with Crippen molar-refractivity contribution >= 4 is 5.97 Å². The number of rotatable bonds is 7. The molecule has 2 N–H and O–H groups in total. The van der Waals surface area contributed by atoms with Crippen LogP contribution in [0.3, 0.4) is 0 Å². The smallest absolute Gasteiger partial charge is 0.300 e. The van der Waals surface area contributed by atoms with Crippen molar-refractivity contribution in [1.82, 2.24) is 0 Å². The molecule has 0 aromatic rings. The van der Waals surface area contributed by atoms with Crippen LogP contribution in [0.1, 0.15) is 52.4 Å². The minimum Gasteiger partial charge on any atom is -0.481 e. The monoisotopic (exact) mass is 216 g/mol. The Bertz CT molecular complexity index is 149. The molecule has 0 aliphatic rings. The van der Waals surface area contributed by atoms with Gasteiger partial charge >= 0.3 is 0 Å². The maximum atomic E-state index is 9.00. The first-order valence-electron chi connectivity index (χ1n) is 5.60. The predicted molar refractivity (Wildman–Crippen MR) is 62.9 cm³/mol. The van der Waals surface area contributed by atoms with Gasteiger partial charge in [0.2, 0.25) is 0 Å². The van der Waals surface area contributed by atoms with Crippen LogP contribution in [0.5, 0.6) is 0 Å². The molecule has 0 unspecified atom stereocenters. The van der Waals surface area contributed by atoms with Crippen molar-refractivity contribution in [1.29, 1.82) is 0 Å². The molecule has 0 atom stereocenters. The summed E-state index contributed by atoms with van der Waals surface area (Å²) in [4.78, 5) is 9.00. The summed E-state index contributed by atoms with van der Waals surface area (Å²) in [5.41, 5.74) is 0. The Hall–Kier alpha value is -0.830. The maximum Gasteiger partial charge on any atom is 0.300 e. The van der Waals surface area contributed by atoms with Crippen LogP contribution in [-0.4, -0.2) is 22.8 Å². The van der Waals surface area contributed by atoms with Gasteiger partial charge in [0.05, 0.1) is 0 Å². The molecule has 0 amide bonds. The molecule has 3 nitrogen and oxygen atoms in total. The molecular formula is C12H24O3. The molecule has 15 heavy (non-hydrogen) atoms. The van der Waals surface area contributed by atoms with E-state index in [1.54, 1.807) is 0 Å². The van der Waals surface area contributed by atoms with Crippen LogP contribution in [0.25, 0.3) is 0 Å². The van der Waals surface area contributed by atoms with Gasteiger partial charge in [-0.05, 0) is 25.7 Å². The molecule has 0 radical (unpaired) electrons. The molecule has 0 spiro atoms. The Labute approximate surface area is 92.8 Å². The number of aliphatic hydroxyl groups is 1. The number of aliphatic carboxylic acids is 1. The van der Waals surface area contributed by atoms with Crippen LogP contribution in [-0.2, 0) is 4.79 Å². The van der Waals surface area contributed by atoms with E-state index in [0.29, 0.717) is 6.61 Å². The van der Waals surface area contributed by atoms with Gasteiger partial charge in [-0.2, -0.15) is 0 Å². The number of unbranched alkanes of at least 4 members (excludes halogenated alkanes) is 4. The van der Waals surface area contributed by atoms with Crippen molar-refractivity contribution in [3.8, 4) is 0 Å². The molecule has 0 saturated carbocycles. The Kier molecular flexibility index (Phi) is 17.3. The minimum atomic E-state index is -0.833. The highest BCUT2D eigenvalue weighted by Crippen LogP contribution is 2.03. The summed E-state index contributed by atoms with van der Waals surface area (Å²) in [7, 11) is 0. The second-order valence-electron chi connectivity index (χ2n) is 3.33. The lowest BCUT2D eigenvalue weighted by Crippen LogP contribution is -1.82. The molecule has 0 saturated heterocycles. The zero-order valence-corrected chi connectivity index (χ0v) is 9.91. The van der Waals surface area contributed by atoms with Crippen LogP contribution in [0.4, 0.5) is 0 Å². The highest BCUT2D eigenvalue weighted by Gasteiger charge is 1.85. The molecular weight excluding hydrogens is 192 g/mol. The highest BCUT2D eigenvalue weighted by molar-refractivity contribution is 5.62. The largest absolute Gasteiger partial charge is 0.481 e. The second-order valence-corrected chi connectivity index (χ2v) is 3.33. The number of carbonyl (C=O) groups is 1. The lowest BCUT2D eigenvalue weighted by Gasteiger charge is -1.95. The Balaban J connectivity index is 0. The average Bonchev–Trinajstić information content (AvgIpc) is 2.16. The number of hydrogen-bond acceptors (Lipinski definition) is 2. The SMILES string of the molecule is CC(=O)O.CC/C=C\CCCCCCO. The first kappa shape index (κ1) is 16.6. The third kappa shape index (κ3) is 32.0. The first-order valence-corrected chi connectivity index (χ1v) is 5.60. The molecule has 0 bridgehead atoms. The van der Waals surface area contributed by atoms with Gasteiger partial charge in [0.1, 0.15) is 0 Å². The third-order valence-corrected chi connectivity index (χ3v) is 1.68. The summed E-state index contributed by atoms with van der Waals surface area (Å²) in [5, 5.41) is 15.9. The summed E-state index contributed by atoms with van der Waals surface area (Å²) in [6.45, 7) is 3.59. The van der Waals surface area contributed by atoms with Gasteiger partial charge in [0, 0.05) is 13.5 Å². The third-order valence-electron chi connectivity index (χ3n) is 1.68. The summed E-state index contributed by atoms with van der Waals surface area (Å²) < 4.78 is 0. The van der Waals surface area contributed by atoms with E-state index in [9.17, 15) is 0 Å². The van der Waals surface area contributed by atoms with E-state index in [2.05, 4.69) is 19.1 Å². The molecule has 0 rings (SSSR count). The standard InChI is InChI=1S/C10H20O.C2H4O2/c1-2-3-4-5-6-7-8-9-10-11;1-2(3)4/h3-4,11H,2,5-10H2,1H3;1H3,(H,3,4)/b4-3-;. The van der Waals surface area contributed by atoms with Gasteiger partial charge in [-0.15, -0.1) is 0 Å². The van der Waals surface area contributed by atoms with E-state index in [0.717, 1.165) is 19.8 Å². The molecule has 0 aliphatic carbocycles. The van der Waals surface area contributed by atoms with Crippen molar-refractivity contribution in [3.63, 3.8) is 0 Å². The molecule has 0 aromatic heterocycles. The molecule has 0 aliphatic heterocycles. The Morgan fingerprint density at radius 1 is 1.13 bits per heavy atom. The van der Waals surface area contributed by atoms with Crippen LogP contribution >= 0.6 is 0 Å². The molecule has 3 heteroatoms. The topological polar surface area (TPSA) is 57.5 Å². The lowest BCUT2D eigenvalue weighted by molar-refractivity contribution is -0.134. The van der Waals surface area contributed by atoms with Gasteiger partial charge in [-0.25, -0.2) is 0 Å². The molecule has 0 fully saturated rings. The second kappa shape index (κ2) is 15.6. The molecule has 0 heterocycles. The fourth-order valence-electron chi connectivity index (χ4n) is 1.01. The maximum absolute atomic E-state index is 9.00. The van der Waals surface area contributed by atoms with Gasteiger partial charge in [0.25, 0.3) is 5.97 Å². The lowest BCUT2D eigenvalue weighted by atomic mass is 10.1. The Morgan fingerprint density at radius 2 is 1.67 bits per heavy atom. The number of allylic oxidation sites excluding steroid dienone is 2. The van der Waals surface area contributed by atoms with E-state index in [-0.39, 0.29) is 0 Å². The zero-order chi connectivity index (χ0) is 11.9. The van der Waals surface area contributed by atoms with E-state index in [1.165, 1.54) is 25.7 Å². The van der Waals surface area contributed by atoms with Crippen LogP contribution in [0, 0.1) is 0 Å². The van der Waals surface area contributed by atoms with Crippen molar-refractivity contribution in [3.05, 3.63) is 12.2 Å². The fourth-order valence-corrected chi connectivity index (χ4v) is 1.01. The number of aliphatic hydroxyl groups excluding tert-OH is 1. The normalized spacial score (nSPS) is 9.80. The fraction of sp³-hybridized carbons (Fsp3) is 0.750. The van der Waals surface area contributed by atoms with Crippen LogP contribution < -0.4 is 0 Å². The van der Waals surface area contributed by atoms with Crippen molar-refractivity contribution in [2.24, 2.45) is 0 Å². The van der Waals surface area contributed by atoms with Gasteiger partial charge in [-0.3, -0.25) is 4.79 Å². The number of carboxylic acid groups (broad SMARTS) is 1. The number of hydrogen-bond donors (Lipinski definition) is 2. The van der Waals surface area contributed by atoms with Crippen LogP contribution in [0.15, 0.2) is 12.2 Å². The van der Waals surface area contributed by atoms with E-state index >= 15 is 0 Å².